The molecular formula is C11H14NO2. The lowest BCUT2D eigenvalue weighted by Crippen LogP contribution is -2.05. The molecule has 0 bridgehead atoms. The van der Waals surface area contributed by atoms with Gasteiger partial charge >= 0.3 is 0 Å². The first-order valence-electron chi connectivity index (χ1n) is 4.67. The van der Waals surface area contributed by atoms with Crippen LogP contribution in [0, 0.1) is 0 Å². The second-order valence-electron chi connectivity index (χ2n) is 3.19. The molecule has 0 spiro atoms. The molecular weight excluding hydrogens is 178 g/mol. The number of amides is 1. The molecule has 14 heavy (non-hydrogen) atoms. The van der Waals surface area contributed by atoms with Crippen molar-refractivity contribution in [2.75, 3.05) is 11.9 Å². The van der Waals surface area contributed by atoms with Crippen LogP contribution >= 0.6 is 0 Å². The molecule has 1 aromatic rings. The Labute approximate surface area is 83.8 Å². The molecule has 0 fully saturated rings. The van der Waals surface area contributed by atoms with Crippen molar-refractivity contribution in [3.63, 3.8) is 0 Å². The molecule has 0 atom stereocenters. The van der Waals surface area contributed by atoms with Gasteiger partial charge in [0.05, 0.1) is 6.61 Å². The molecule has 1 aromatic carbocycles. The Bertz CT molecular complexity index is 293. The average molecular weight is 192 g/mol. The van der Waals surface area contributed by atoms with Gasteiger partial charge in [0.1, 0.15) is 0 Å². The van der Waals surface area contributed by atoms with Crippen LogP contribution in [0.3, 0.4) is 0 Å². The predicted octanol–water partition coefficient (Wildman–Crippen LogP) is 2.01. The second-order valence-corrected chi connectivity index (χ2v) is 3.19. The van der Waals surface area contributed by atoms with E-state index in [1.54, 1.807) is 0 Å². The van der Waals surface area contributed by atoms with E-state index in [-0.39, 0.29) is 12.5 Å². The van der Waals surface area contributed by atoms with Crippen molar-refractivity contribution >= 4 is 11.6 Å². The van der Waals surface area contributed by atoms with Gasteiger partial charge in [-0.3, -0.25) is 4.79 Å². The number of anilines is 1. The molecule has 0 aliphatic rings. The fourth-order valence-corrected chi connectivity index (χ4v) is 1.23. The van der Waals surface area contributed by atoms with Gasteiger partial charge in [0.15, 0.2) is 0 Å². The number of aryl methyl sites for hydroxylation is 1. The highest BCUT2D eigenvalue weighted by Gasteiger charge is 1.96. The first-order valence-corrected chi connectivity index (χ1v) is 4.67. The lowest BCUT2D eigenvalue weighted by atomic mass is 10.1. The Balaban J connectivity index is 2.54. The summed E-state index contributed by atoms with van der Waals surface area (Å²) in [6, 6.07) is 7.56. The Morgan fingerprint density at radius 1 is 1.29 bits per heavy atom. The monoisotopic (exact) mass is 192 g/mol. The molecule has 1 radical (unpaired) electrons. The molecule has 1 amide bonds. The van der Waals surface area contributed by atoms with Crippen LogP contribution in [0.5, 0.6) is 0 Å². The Morgan fingerprint density at radius 3 is 2.43 bits per heavy atom. The van der Waals surface area contributed by atoms with E-state index in [2.05, 4.69) is 5.32 Å². The summed E-state index contributed by atoms with van der Waals surface area (Å²) in [5.41, 5.74) is 1.93. The molecule has 0 aliphatic heterocycles. The molecule has 75 valence electrons. The van der Waals surface area contributed by atoms with Crippen LogP contribution in [0.15, 0.2) is 24.3 Å². The number of carbonyl (C=O) groups excluding carboxylic acids is 1. The maximum absolute atomic E-state index is 10.7. The van der Waals surface area contributed by atoms with Crippen LogP contribution in [-0.4, -0.2) is 12.5 Å². The predicted molar refractivity (Wildman–Crippen MR) is 54.6 cm³/mol. The third-order valence-corrected chi connectivity index (χ3v) is 1.88. The number of nitrogens with one attached hydrogen (secondary N) is 1. The molecule has 1 rings (SSSR count). The zero-order valence-corrected chi connectivity index (χ0v) is 8.25. The summed E-state index contributed by atoms with van der Waals surface area (Å²) < 4.78 is 0. The molecule has 0 aliphatic carbocycles. The van der Waals surface area contributed by atoms with E-state index >= 15 is 0 Å². The summed E-state index contributed by atoms with van der Waals surface area (Å²) in [4.78, 5) is 10.7. The van der Waals surface area contributed by atoms with Crippen molar-refractivity contribution in [3.05, 3.63) is 29.8 Å². The zero-order chi connectivity index (χ0) is 10.4. The van der Waals surface area contributed by atoms with Crippen LogP contribution in [-0.2, 0) is 16.3 Å². The maximum atomic E-state index is 10.7. The molecule has 3 nitrogen and oxygen atoms in total. The van der Waals surface area contributed by atoms with Gasteiger partial charge in [0, 0.05) is 12.6 Å². The summed E-state index contributed by atoms with van der Waals surface area (Å²) in [7, 11) is 0. The summed E-state index contributed by atoms with van der Waals surface area (Å²) in [6.07, 6.45) is 1.48. The zero-order valence-electron chi connectivity index (χ0n) is 8.25. The molecule has 0 unspecified atom stereocenters. The van der Waals surface area contributed by atoms with Crippen LogP contribution in [0.4, 0.5) is 5.69 Å². The normalized spacial score (nSPS) is 9.86. The van der Waals surface area contributed by atoms with Crippen LogP contribution in [0.1, 0.15) is 18.9 Å². The van der Waals surface area contributed by atoms with E-state index < -0.39 is 0 Å². The SMILES string of the molecule is CC(=O)Nc1ccc(CCC[O])cc1. The number of hydrogen-bond donors (Lipinski definition) is 1. The van der Waals surface area contributed by atoms with Crippen molar-refractivity contribution in [1.82, 2.24) is 0 Å². The van der Waals surface area contributed by atoms with Gasteiger partial charge < -0.3 is 5.32 Å². The Morgan fingerprint density at radius 2 is 1.93 bits per heavy atom. The van der Waals surface area contributed by atoms with Crippen molar-refractivity contribution in [1.29, 1.82) is 0 Å². The van der Waals surface area contributed by atoms with E-state index in [9.17, 15) is 9.90 Å². The van der Waals surface area contributed by atoms with E-state index in [4.69, 9.17) is 0 Å². The quantitative estimate of drug-likeness (QED) is 0.779. The minimum Gasteiger partial charge on any atom is -0.326 e. The summed E-state index contributed by atoms with van der Waals surface area (Å²) in [5.74, 6) is -0.0719. The number of hydrogen-bond acceptors (Lipinski definition) is 1. The van der Waals surface area contributed by atoms with Crippen molar-refractivity contribution < 1.29 is 9.90 Å². The lowest BCUT2D eigenvalue weighted by molar-refractivity contribution is -0.114. The van der Waals surface area contributed by atoms with Crippen LogP contribution in [0.2, 0.25) is 0 Å². The van der Waals surface area contributed by atoms with Gasteiger partial charge in [-0.25, -0.2) is 5.11 Å². The van der Waals surface area contributed by atoms with E-state index in [0.29, 0.717) is 6.42 Å². The topological polar surface area (TPSA) is 49.0 Å². The average Bonchev–Trinajstić information content (AvgIpc) is 2.16. The van der Waals surface area contributed by atoms with Crippen LogP contribution < -0.4 is 5.32 Å². The fraction of sp³-hybridized carbons (Fsp3) is 0.364. The van der Waals surface area contributed by atoms with Gasteiger partial charge in [-0.1, -0.05) is 12.1 Å². The molecule has 0 saturated carbocycles. The summed E-state index contributed by atoms with van der Waals surface area (Å²) >= 11 is 0. The van der Waals surface area contributed by atoms with Crippen LogP contribution in [0.25, 0.3) is 0 Å². The van der Waals surface area contributed by atoms with E-state index in [1.807, 2.05) is 24.3 Å². The maximum Gasteiger partial charge on any atom is 0.221 e. The van der Waals surface area contributed by atoms with Gasteiger partial charge in [0.2, 0.25) is 5.91 Å². The van der Waals surface area contributed by atoms with E-state index in [1.165, 1.54) is 6.92 Å². The van der Waals surface area contributed by atoms with Gasteiger partial charge in [-0.15, -0.1) is 0 Å². The number of rotatable bonds is 4. The lowest BCUT2D eigenvalue weighted by Gasteiger charge is -2.03. The molecule has 0 aromatic heterocycles. The first-order chi connectivity index (χ1) is 6.72. The Kier molecular flexibility index (Phi) is 4.13. The first kappa shape index (κ1) is 10.7. The standard InChI is InChI=1S/C11H14NO2/c1-9(14)12-11-6-4-10(5-7-11)3-2-8-13/h4-7H,2-3,8H2,1H3,(H,12,14). The van der Waals surface area contributed by atoms with E-state index in [0.717, 1.165) is 17.7 Å². The third kappa shape index (κ3) is 3.58. The van der Waals surface area contributed by atoms with Crippen molar-refractivity contribution in [2.45, 2.75) is 19.8 Å². The minimum absolute atomic E-state index is 0.0343. The molecule has 3 heteroatoms. The highest BCUT2D eigenvalue weighted by molar-refractivity contribution is 5.88. The smallest absolute Gasteiger partial charge is 0.221 e. The molecule has 0 saturated heterocycles. The van der Waals surface area contributed by atoms with Gasteiger partial charge in [-0.05, 0) is 30.5 Å². The largest absolute Gasteiger partial charge is 0.326 e. The molecule has 1 N–H and O–H groups in total. The third-order valence-electron chi connectivity index (χ3n) is 1.88. The highest BCUT2D eigenvalue weighted by atomic mass is 16.2. The highest BCUT2D eigenvalue weighted by Crippen LogP contribution is 2.10. The number of carbonyl (C=O) groups is 1. The second kappa shape index (κ2) is 5.40. The van der Waals surface area contributed by atoms with Crippen molar-refractivity contribution in [3.8, 4) is 0 Å². The van der Waals surface area contributed by atoms with Gasteiger partial charge in [0.25, 0.3) is 0 Å². The number of benzene rings is 1. The summed E-state index contributed by atoms with van der Waals surface area (Å²) in [5, 5.41) is 12.9. The Hall–Kier alpha value is -1.35. The molecule has 0 heterocycles. The minimum atomic E-state index is -0.0719. The fourth-order valence-electron chi connectivity index (χ4n) is 1.23. The van der Waals surface area contributed by atoms with Gasteiger partial charge in [-0.2, -0.15) is 0 Å². The summed E-state index contributed by atoms with van der Waals surface area (Å²) in [6.45, 7) is 1.44. The van der Waals surface area contributed by atoms with Crippen molar-refractivity contribution in [2.24, 2.45) is 0 Å².